The predicted molar refractivity (Wildman–Crippen MR) is 249 cm³/mol. The Morgan fingerprint density at radius 3 is 1.26 bits per heavy atom. The Morgan fingerprint density at radius 2 is 0.825 bits per heavy atom. The maximum Gasteiger partial charge on any atom is 0.256 e. The number of amides is 1. The summed E-state index contributed by atoms with van der Waals surface area (Å²) in [6.07, 6.45) is 0.264. The fraction of sp³-hybridized carbons (Fsp3) is 0.0227. The van der Waals surface area contributed by atoms with Gasteiger partial charge in [-0.3, -0.25) is 9.59 Å². The monoisotopic (exact) mass is 900 g/mol. The number of nitrogens with one attached hydrogen (secondary N) is 1. The molecule has 0 spiro atoms. The van der Waals surface area contributed by atoms with Crippen LogP contribution in [0.4, 0.5) is 0 Å². The standard InChI is InChI=1S/C31H17NO2S6.C13H7NS3/c33-17-15-16(18-5-6-23(37-18)24-9-7-21(38-24)19-3-1-13-35-19)28-29(17)30(32-31(28)34)27-12-11-26(40-27)25-10-8-22(39-25)20-4-2-14-36-20;14-8-9-3-4-12(16-9)13-6-5-11(17-13)10-2-1-7-15-10/h1-14H,15H2,(H,32,34);1-7H. The van der Waals surface area contributed by atoms with Gasteiger partial charge in [-0.05, 0) is 113 Å². The number of fused-ring (bicyclic) bond motifs is 1. The van der Waals surface area contributed by atoms with Crippen LogP contribution in [0.15, 0.2) is 136 Å². The van der Waals surface area contributed by atoms with Gasteiger partial charge in [-0.2, -0.15) is 5.26 Å². The van der Waals surface area contributed by atoms with E-state index in [2.05, 4.69) is 119 Å². The Bertz CT molecular complexity index is 2870. The topological polar surface area (TPSA) is 70.0 Å². The minimum atomic E-state index is -0.178. The van der Waals surface area contributed by atoms with E-state index in [1.54, 1.807) is 102 Å². The number of thiophene rings is 9. The third-order valence-corrected chi connectivity index (χ3v) is 19.5. The third-order valence-electron chi connectivity index (χ3n) is 9.19. The summed E-state index contributed by atoms with van der Waals surface area (Å²) < 4.78 is 0. The molecule has 11 rings (SSSR count). The molecule has 0 saturated heterocycles. The molecule has 1 aliphatic heterocycles. The molecule has 0 fully saturated rings. The molecular weight excluding hydrogens is 877 g/mol. The number of rotatable bonds is 8. The Labute approximate surface area is 363 Å². The van der Waals surface area contributed by atoms with Crippen molar-refractivity contribution in [3.63, 3.8) is 0 Å². The lowest BCUT2D eigenvalue weighted by atomic mass is 10.1. The quantitative estimate of drug-likeness (QED) is 0.165. The van der Waals surface area contributed by atoms with Crippen LogP contribution in [0, 0.1) is 11.3 Å². The van der Waals surface area contributed by atoms with Crippen LogP contribution >= 0.6 is 102 Å². The number of Topliss-reactive ketones (excluding diaryl/α,β-unsaturated/α-hetero) is 1. The van der Waals surface area contributed by atoms with Gasteiger partial charge in [-0.15, -0.1) is 102 Å². The lowest BCUT2D eigenvalue weighted by molar-refractivity contribution is -0.116. The Balaban J connectivity index is 0.000000194. The highest BCUT2D eigenvalue weighted by atomic mass is 32.1. The summed E-state index contributed by atoms with van der Waals surface area (Å²) in [5, 5.41) is 18.1. The van der Waals surface area contributed by atoms with Crippen molar-refractivity contribution in [1.82, 2.24) is 5.32 Å². The van der Waals surface area contributed by atoms with Gasteiger partial charge in [0.15, 0.2) is 5.78 Å². The summed E-state index contributed by atoms with van der Waals surface area (Å²) in [6.45, 7) is 0. The fourth-order valence-electron chi connectivity index (χ4n) is 6.61. The van der Waals surface area contributed by atoms with Crippen LogP contribution in [0.2, 0.25) is 0 Å². The van der Waals surface area contributed by atoms with E-state index < -0.39 is 0 Å². The second kappa shape index (κ2) is 15.6. The first-order valence-electron chi connectivity index (χ1n) is 17.4. The lowest BCUT2D eigenvalue weighted by Gasteiger charge is -2.02. The maximum absolute atomic E-state index is 13.3. The molecule has 10 heterocycles. The van der Waals surface area contributed by atoms with Gasteiger partial charge in [0.1, 0.15) is 10.9 Å². The smallest absolute Gasteiger partial charge is 0.256 e. The minimum absolute atomic E-state index is 0.00969. The third kappa shape index (κ3) is 7.16. The normalized spacial score (nSPS) is 13.6. The molecule has 9 aromatic rings. The molecule has 0 saturated carbocycles. The second-order valence-corrected chi connectivity index (χ2v) is 22.0. The van der Waals surface area contributed by atoms with Gasteiger partial charge in [0.2, 0.25) is 0 Å². The number of allylic oxidation sites excluding steroid dienone is 1. The van der Waals surface area contributed by atoms with E-state index >= 15 is 0 Å². The molecule has 2 aliphatic rings. The van der Waals surface area contributed by atoms with E-state index in [0.29, 0.717) is 16.8 Å². The molecular formula is C44H24N2O2S9. The average Bonchev–Trinajstić information content (AvgIpc) is 4.08. The number of hydrogen-bond acceptors (Lipinski definition) is 12. The van der Waals surface area contributed by atoms with Crippen molar-refractivity contribution in [3.05, 3.63) is 151 Å². The SMILES string of the molecule is N#Cc1ccc(-c2ccc(-c3cccs3)s2)s1.O=C1CC(c2ccc(-c3ccc(-c4cccs4)s3)s2)=C2C(=O)NC(c3ccc(-c4ccc(-c5cccs5)s4)s3)=C12. The van der Waals surface area contributed by atoms with Crippen LogP contribution in [0.25, 0.3) is 69.8 Å². The van der Waals surface area contributed by atoms with Crippen molar-refractivity contribution < 1.29 is 9.59 Å². The van der Waals surface area contributed by atoms with Crippen LogP contribution in [0.3, 0.4) is 0 Å². The molecule has 276 valence electrons. The number of nitriles is 1. The van der Waals surface area contributed by atoms with Gasteiger partial charge in [0.25, 0.3) is 5.91 Å². The highest BCUT2D eigenvalue weighted by molar-refractivity contribution is 7.28. The van der Waals surface area contributed by atoms with Gasteiger partial charge in [0, 0.05) is 69.8 Å². The van der Waals surface area contributed by atoms with Crippen molar-refractivity contribution in [2.45, 2.75) is 6.42 Å². The second-order valence-electron chi connectivity index (χ2n) is 12.7. The summed E-state index contributed by atoms with van der Waals surface area (Å²) in [7, 11) is 0. The Kier molecular flexibility index (Phi) is 10.1. The van der Waals surface area contributed by atoms with Gasteiger partial charge in [-0.1, -0.05) is 18.2 Å². The molecule has 1 N–H and O–H groups in total. The van der Waals surface area contributed by atoms with Crippen LogP contribution in [0.1, 0.15) is 21.1 Å². The minimum Gasteiger partial charge on any atom is -0.320 e. The molecule has 0 bridgehead atoms. The van der Waals surface area contributed by atoms with Crippen molar-refractivity contribution >= 4 is 125 Å². The van der Waals surface area contributed by atoms with Gasteiger partial charge < -0.3 is 5.32 Å². The van der Waals surface area contributed by atoms with E-state index in [0.717, 1.165) is 30.0 Å². The Morgan fingerprint density at radius 1 is 0.439 bits per heavy atom. The molecule has 1 aliphatic carbocycles. The van der Waals surface area contributed by atoms with Crippen LogP contribution in [-0.4, -0.2) is 11.7 Å². The summed E-state index contributed by atoms with van der Waals surface area (Å²) in [6, 6.07) is 39.9. The zero-order valence-electron chi connectivity index (χ0n) is 29.3. The molecule has 9 aromatic heterocycles. The van der Waals surface area contributed by atoms with Crippen LogP contribution in [-0.2, 0) is 9.59 Å². The van der Waals surface area contributed by atoms with E-state index in [1.807, 2.05) is 18.2 Å². The number of carbonyl (C=O) groups is 2. The molecule has 0 atom stereocenters. The summed E-state index contributed by atoms with van der Waals surface area (Å²) >= 11 is 15.4. The first kappa shape index (κ1) is 36.7. The molecule has 0 aromatic carbocycles. The molecule has 4 nitrogen and oxygen atoms in total. The van der Waals surface area contributed by atoms with Crippen molar-refractivity contribution in [2.24, 2.45) is 0 Å². The first-order chi connectivity index (χ1) is 28.0. The van der Waals surface area contributed by atoms with Gasteiger partial charge in [0.05, 0.1) is 21.7 Å². The van der Waals surface area contributed by atoms with E-state index in [-0.39, 0.29) is 18.1 Å². The maximum atomic E-state index is 13.3. The number of nitrogens with zero attached hydrogens (tertiary/aromatic N) is 1. The fourth-order valence-corrected chi connectivity index (χ4v) is 15.3. The highest BCUT2D eigenvalue weighted by Crippen LogP contribution is 2.48. The van der Waals surface area contributed by atoms with Crippen molar-refractivity contribution in [1.29, 1.82) is 5.26 Å². The molecule has 0 unspecified atom stereocenters. The van der Waals surface area contributed by atoms with Gasteiger partial charge >= 0.3 is 0 Å². The van der Waals surface area contributed by atoms with Crippen LogP contribution < -0.4 is 5.32 Å². The number of hydrogen-bond donors (Lipinski definition) is 1. The largest absolute Gasteiger partial charge is 0.320 e. The van der Waals surface area contributed by atoms with Crippen LogP contribution in [0.5, 0.6) is 0 Å². The van der Waals surface area contributed by atoms with Gasteiger partial charge in [-0.25, -0.2) is 0 Å². The number of ketones is 1. The first-order valence-corrected chi connectivity index (χ1v) is 25.0. The molecule has 13 heteroatoms. The van der Waals surface area contributed by atoms with E-state index in [9.17, 15) is 9.59 Å². The Hall–Kier alpha value is -4.59. The van der Waals surface area contributed by atoms with Crippen molar-refractivity contribution in [3.8, 4) is 64.6 Å². The molecule has 1 amide bonds. The number of carbonyl (C=O) groups excluding carboxylic acids is 2. The van der Waals surface area contributed by atoms with Crippen molar-refractivity contribution in [2.75, 3.05) is 0 Å². The highest BCUT2D eigenvalue weighted by Gasteiger charge is 2.41. The predicted octanol–water partition coefficient (Wildman–Crippen LogP) is 15.1. The summed E-state index contributed by atoms with van der Waals surface area (Å²) in [5.74, 6) is -0.168. The zero-order chi connectivity index (χ0) is 38.5. The van der Waals surface area contributed by atoms with E-state index in [1.165, 1.54) is 48.8 Å². The summed E-state index contributed by atoms with van der Waals surface area (Å²) in [4.78, 5) is 43.9. The van der Waals surface area contributed by atoms with E-state index in [4.69, 9.17) is 5.26 Å². The lowest BCUT2D eigenvalue weighted by Crippen LogP contribution is -2.16. The summed E-state index contributed by atoms with van der Waals surface area (Å²) in [5.41, 5.74) is 2.59. The zero-order valence-corrected chi connectivity index (χ0v) is 36.6. The molecule has 57 heavy (non-hydrogen) atoms. The average molecular weight is 901 g/mol. The molecule has 0 radical (unpaired) electrons.